The number of nitrogens with zero attached hydrogens (tertiary/aromatic N) is 4. The molecule has 10 nitrogen and oxygen atoms in total. The van der Waals surface area contributed by atoms with E-state index in [2.05, 4.69) is 15.3 Å². The molecule has 0 amide bonds. The van der Waals surface area contributed by atoms with E-state index < -0.39 is 10.0 Å². The van der Waals surface area contributed by atoms with Gasteiger partial charge in [-0.15, -0.1) is 0 Å². The van der Waals surface area contributed by atoms with Crippen LogP contribution < -0.4 is 5.32 Å². The van der Waals surface area contributed by atoms with E-state index in [0.717, 1.165) is 37.6 Å². The molecule has 2 aliphatic rings. The molecule has 11 heteroatoms. The summed E-state index contributed by atoms with van der Waals surface area (Å²) in [6, 6.07) is 0.223. The maximum atomic E-state index is 11.6. The van der Waals surface area contributed by atoms with Gasteiger partial charge in [-0.1, -0.05) is 0 Å². The van der Waals surface area contributed by atoms with Crippen molar-refractivity contribution in [1.82, 2.24) is 19.2 Å². The highest BCUT2D eigenvalue weighted by molar-refractivity contribution is 7.88. The minimum atomic E-state index is -3.12. The molecule has 1 saturated heterocycles. The van der Waals surface area contributed by atoms with E-state index in [4.69, 9.17) is 15.6 Å². The van der Waals surface area contributed by atoms with Gasteiger partial charge in [-0.25, -0.2) is 22.7 Å². The molecule has 0 atom stereocenters. The molecular weight excluding hydrogens is 418 g/mol. The highest BCUT2D eigenvalue weighted by atomic mass is 32.2. The molecule has 0 unspecified atom stereocenters. The zero-order chi connectivity index (χ0) is 22.6. The lowest BCUT2D eigenvalue weighted by atomic mass is 9.72. The van der Waals surface area contributed by atoms with Crippen LogP contribution in [0.2, 0.25) is 0 Å². The topological polar surface area (TPSA) is 135 Å². The molecule has 0 spiro atoms. The fourth-order valence-corrected chi connectivity index (χ4v) is 4.87. The Bertz CT molecular complexity index is 861. The Morgan fingerprint density at radius 3 is 2.45 bits per heavy atom. The highest BCUT2D eigenvalue weighted by Gasteiger charge is 2.32. The summed E-state index contributed by atoms with van der Waals surface area (Å²) in [5.41, 5.74) is 1.10. The third kappa shape index (κ3) is 6.13. The van der Waals surface area contributed by atoms with Crippen LogP contribution in [0.1, 0.15) is 51.0 Å². The van der Waals surface area contributed by atoms with Crippen molar-refractivity contribution >= 4 is 28.3 Å². The first-order valence-electron chi connectivity index (χ1n) is 10.7. The molecule has 1 aromatic heterocycles. The van der Waals surface area contributed by atoms with Crippen LogP contribution >= 0.6 is 0 Å². The Hall–Kier alpha value is -2.27. The molecule has 0 bridgehead atoms. The average Bonchev–Trinajstić information content (AvgIpc) is 2.68. The second-order valence-corrected chi connectivity index (χ2v) is 10.7. The zero-order valence-corrected chi connectivity index (χ0v) is 19.2. The van der Waals surface area contributed by atoms with Gasteiger partial charge in [0.15, 0.2) is 0 Å². The molecule has 1 aliphatic carbocycles. The number of rotatable bonds is 8. The summed E-state index contributed by atoms with van der Waals surface area (Å²) in [5.74, 6) is 1.37. The third-order valence-corrected chi connectivity index (χ3v) is 7.32. The Labute approximate surface area is 184 Å². The number of amidine groups is 1. The van der Waals surface area contributed by atoms with E-state index in [1.807, 2.05) is 26.2 Å². The Morgan fingerprint density at radius 1 is 1.32 bits per heavy atom. The quantitative estimate of drug-likeness (QED) is 0.407. The van der Waals surface area contributed by atoms with Gasteiger partial charge in [0.1, 0.15) is 0 Å². The molecule has 3 rings (SSSR count). The summed E-state index contributed by atoms with van der Waals surface area (Å²) in [4.78, 5) is 10.4. The van der Waals surface area contributed by atoms with Crippen LogP contribution in [0.4, 0.5) is 5.95 Å². The molecule has 1 aromatic rings. The number of ether oxygens (including phenoxy) is 1. The number of hydrogen-bond donors (Lipinski definition) is 3. The van der Waals surface area contributed by atoms with Crippen molar-refractivity contribution in [3.63, 3.8) is 0 Å². The number of nitrogens with one attached hydrogen (secondary N) is 3. The highest BCUT2D eigenvalue weighted by Crippen LogP contribution is 2.41. The molecule has 3 N–H and O–H groups in total. The number of aromatic nitrogens is 2. The minimum absolute atomic E-state index is 0.0228. The summed E-state index contributed by atoms with van der Waals surface area (Å²) >= 11 is 0. The van der Waals surface area contributed by atoms with Crippen molar-refractivity contribution in [3.8, 4) is 0 Å². The van der Waals surface area contributed by atoms with Crippen LogP contribution in [0, 0.1) is 16.7 Å². The van der Waals surface area contributed by atoms with Gasteiger partial charge in [-0.2, -0.15) is 0 Å². The Kier molecular flexibility index (Phi) is 7.47. The normalized spacial score (nSPS) is 22.6. The number of hydrogen-bond acceptors (Lipinski definition) is 8. The van der Waals surface area contributed by atoms with Gasteiger partial charge < -0.3 is 10.1 Å². The van der Waals surface area contributed by atoms with Crippen LogP contribution in [0.25, 0.3) is 0 Å². The lowest BCUT2D eigenvalue weighted by Crippen LogP contribution is -2.42. The van der Waals surface area contributed by atoms with E-state index in [0.29, 0.717) is 37.5 Å². The predicted molar refractivity (Wildman–Crippen MR) is 120 cm³/mol. The third-order valence-electron chi connectivity index (χ3n) is 6.02. The van der Waals surface area contributed by atoms with E-state index in [-0.39, 0.29) is 18.1 Å². The van der Waals surface area contributed by atoms with E-state index >= 15 is 0 Å². The summed E-state index contributed by atoms with van der Waals surface area (Å²) in [5, 5.41) is 18.6. The lowest BCUT2D eigenvalue weighted by molar-refractivity contribution is 0.133. The second-order valence-electron chi connectivity index (χ2n) is 8.70. The second kappa shape index (κ2) is 9.90. The SMILES string of the molecule is CC(C)N(C=N)C(=N)OCC1CC(c2cnc(NC3CCN(S(C)(=O)=O)CC3)nc2)C1. The largest absolute Gasteiger partial charge is 0.465 e. The Morgan fingerprint density at radius 2 is 1.94 bits per heavy atom. The van der Waals surface area contributed by atoms with Crippen LogP contribution in [-0.4, -0.2) is 78.0 Å². The molecule has 0 aromatic carbocycles. The number of sulfonamides is 1. The smallest absolute Gasteiger partial charge is 0.289 e. The Balaban J connectivity index is 1.40. The molecule has 1 aliphatic heterocycles. The molecule has 1 saturated carbocycles. The van der Waals surface area contributed by atoms with Crippen molar-refractivity contribution in [2.75, 3.05) is 31.3 Å². The first-order valence-corrected chi connectivity index (χ1v) is 12.6. The monoisotopic (exact) mass is 451 g/mol. The molecule has 172 valence electrons. The van der Waals surface area contributed by atoms with E-state index in [1.165, 1.54) is 15.5 Å². The van der Waals surface area contributed by atoms with Gasteiger partial charge in [0, 0.05) is 37.6 Å². The van der Waals surface area contributed by atoms with Gasteiger partial charge >= 0.3 is 0 Å². The van der Waals surface area contributed by atoms with Crippen molar-refractivity contribution in [3.05, 3.63) is 18.0 Å². The van der Waals surface area contributed by atoms with E-state index in [1.54, 1.807) is 0 Å². The lowest BCUT2D eigenvalue weighted by Gasteiger charge is -2.35. The van der Waals surface area contributed by atoms with Gasteiger partial charge in [-0.05, 0) is 56.9 Å². The van der Waals surface area contributed by atoms with Gasteiger partial charge in [0.25, 0.3) is 6.02 Å². The maximum absolute atomic E-state index is 11.6. The standard InChI is InChI=1S/C20H33N7O3S/c1-14(2)27(13-21)19(22)30-12-15-8-16(9-15)17-10-23-20(24-11-17)25-18-4-6-26(7-5-18)31(3,28)29/h10-11,13-16,18,21-22H,4-9,12H2,1-3H3,(H,23,24,25). The van der Waals surface area contributed by atoms with Crippen LogP contribution in [0.5, 0.6) is 0 Å². The van der Waals surface area contributed by atoms with Crippen molar-refractivity contribution < 1.29 is 13.2 Å². The molecule has 31 heavy (non-hydrogen) atoms. The minimum Gasteiger partial charge on any atom is -0.465 e. The van der Waals surface area contributed by atoms with Gasteiger partial charge in [0.2, 0.25) is 16.0 Å². The fraction of sp³-hybridized carbons (Fsp3) is 0.700. The van der Waals surface area contributed by atoms with Crippen molar-refractivity contribution in [2.45, 2.75) is 57.5 Å². The molecule has 2 heterocycles. The summed E-state index contributed by atoms with van der Waals surface area (Å²) in [6.45, 7) is 5.36. The number of piperidine rings is 1. The summed E-state index contributed by atoms with van der Waals surface area (Å²) in [6.07, 6.45) is 9.52. The zero-order valence-electron chi connectivity index (χ0n) is 18.4. The molecule has 0 radical (unpaired) electrons. The molecule has 2 fully saturated rings. The number of anilines is 1. The van der Waals surface area contributed by atoms with Crippen molar-refractivity contribution in [1.29, 1.82) is 10.8 Å². The van der Waals surface area contributed by atoms with Crippen LogP contribution in [0.3, 0.4) is 0 Å². The average molecular weight is 452 g/mol. The van der Waals surface area contributed by atoms with Crippen LogP contribution in [0.15, 0.2) is 12.4 Å². The van der Waals surface area contributed by atoms with Crippen molar-refractivity contribution in [2.24, 2.45) is 5.92 Å². The van der Waals surface area contributed by atoms with Crippen LogP contribution in [-0.2, 0) is 14.8 Å². The van der Waals surface area contributed by atoms with E-state index in [9.17, 15) is 8.42 Å². The summed E-state index contributed by atoms with van der Waals surface area (Å²) in [7, 11) is -3.12. The summed E-state index contributed by atoms with van der Waals surface area (Å²) < 4.78 is 30.3. The first-order chi connectivity index (χ1) is 14.7. The predicted octanol–water partition coefficient (Wildman–Crippen LogP) is 2.07. The van der Waals surface area contributed by atoms with Gasteiger partial charge in [0.05, 0.1) is 19.2 Å². The fourth-order valence-electron chi connectivity index (χ4n) is 4.00. The van der Waals surface area contributed by atoms with Gasteiger partial charge in [-0.3, -0.25) is 15.7 Å². The molecular formula is C20H33N7O3S. The first kappa shape index (κ1) is 23.4. The maximum Gasteiger partial charge on any atom is 0.289 e.